The summed E-state index contributed by atoms with van der Waals surface area (Å²) in [6.45, 7) is 19.4. The summed E-state index contributed by atoms with van der Waals surface area (Å²) in [6, 6.07) is 0. The number of nitriles is 1. The van der Waals surface area contributed by atoms with Crippen molar-refractivity contribution in [3.63, 3.8) is 0 Å². The molecule has 364 valence electrons. The van der Waals surface area contributed by atoms with Crippen molar-refractivity contribution in [3.05, 3.63) is 72.9 Å². The highest BCUT2D eigenvalue weighted by atomic mass is 16.2. The lowest BCUT2D eigenvalue weighted by atomic mass is 9.31. The molecule has 7 heteroatoms. The number of unbranched alkanes of at least 4 members (excludes halogenated alkanes) is 3. The standard InChI is InChI=1S/C59H89N3O4/c1-9-10-11-12-13-14-15-16-17-18-19-20-21-22-23-24-25-26-29-32-51(65)61-41-30-27-28-31-42-62(45-60)53(66)59-39-37-54(2,3)44-46(59)52-47(63)43-49-56(6)35-34-50(64)55(4,5)48(56)33-36-57(49,7)58(52,8)38-40-59/h10-11,13-14,16-17,19-20,22-23,25-26,46,48-49,52H,9,12,15,18,21,24,27-44H2,1-8H3,(H,61,65)/t46-,48-,49?,52-,56+,57-,58+,59-/m0/s1. The smallest absolute Gasteiger partial charge is 0.242 e. The predicted octanol–water partition coefficient (Wildman–Crippen LogP) is 14.1. The van der Waals surface area contributed by atoms with Crippen molar-refractivity contribution >= 4 is 23.4 Å². The van der Waals surface area contributed by atoms with Crippen LogP contribution in [0.25, 0.3) is 0 Å². The van der Waals surface area contributed by atoms with Crippen molar-refractivity contribution < 1.29 is 19.2 Å². The molecule has 0 aromatic carbocycles. The van der Waals surface area contributed by atoms with Gasteiger partial charge in [0, 0.05) is 43.7 Å². The van der Waals surface area contributed by atoms with E-state index in [4.69, 9.17) is 0 Å². The molecule has 5 aliphatic carbocycles. The highest BCUT2D eigenvalue weighted by Crippen LogP contribution is 2.76. The van der Waals surface area contributed by atoms with Gasteiger partial charge in [-0.2, -0.15) is 5.26 Å². The van der Waals surface area contributed by atoms with Crippen LogP contribution in [0, 0.1) is 67.6 Å². The van der Waals surface area contributed by atoms with Crippen molar-refractivity contribution in [1.29, 1.82) is 5.26 Å². The van der Waals surface area contributed by atoms with Crippen LogP contribution >= 0.6 is 0 Å². The van der Waals surface area contributed by atoms with Gasteiger partial charge in [0.05, 0.1) is 5.41 Å². The maximum atomic E-state index is 15.0. The number of fused-ring (bicyclic) bond motifs is 7. The summed E-state index contributed by atoms with van der Waals surface area (Å²) in [4.78, 5) is 57.0. The van der Waals surface area contributed by atoms with Crippen LogP contribution in [0.15, 0.2) is 72.9 Å². The quantitative estimate of drug-likeness (QED) is 0.0504. The number of Topliss-reactive ketones (excluding diaryl/α,β-unsaturated/α-hetero) is 2. The van der Waals surface area contributed by atoms with E-state index in [-0.39, 0.29) is 62.6 Å². The molecule has 0 bridgehead atoms. The zero-order valence-corrected chi connectivity index (χ0v) is 42.7. The fraction of sp³-hybridized carbons (Fsp3) is 0.712. The second-order valence-electron chi connectivity index (χ2n) is 23.2. The van der Waals surface area contributed by atoms with Gasteiger partial charge in [-0.1, -0.05) is 141 Å². The molecule has 5 aliphatic rings. The third-order valence-corrected chi connectivity index (χ3v) is 18.3. The van der Waals surface area contributed by atoms with Crippen LogP contribution in [-0.2, 0) is 19.2 Å². The van der Waals surface area contributed by atoms with Crippen LogP contribution in [0.2, 0.25) is 0 Å². The van der Waals surface area contributed by atoms with E-state index >= 15 is 0 Å². The third kappa shape index (κ3) is 11.9. The lowest BCUT2D eigenvalue weighted by Gasteiger charge is -2.72. The first kappa shape index (κ1) is 53.2. The Kier molecular flexibility index (Phi) is 18.9. The molecule has 7 nitrogen and oxygen atoms in total. The first-order valence-corrected chi connectivity index (χ1v) is 26.4. The molecular weight excluding hydrogens is 815 g/mol. The molecule has 5 saturated carbocycles. The van der Waals surface area contributed by atoms with Gasteiger partial charge in [0.15, 0.2) is 6.19 Å². The largest absolute Gasteiger partial charge is 0.356 e. The molecule has 0 aromatic heterocycles. The van der Waals surface area contributed by atoms with E-state index in [9.17, 15) is 24.4 Å². The Morgan fingerprint density at radius 1 is 0.697 bits per heavy atom. The SMILES string of the molecule is CCC=CCC=CCC=CCC=CCC=CCC=CCCC(=O)NCCCCCCN(C#N)C(=O)[C@]12CCC(C)(C)C[C@H]1[C@H]1C(=O)CC3[C@]4(C)CCC(=O)C(C)(C)[C@@H]4CC[C@]3(C)[C@]1(C)CC2. The first-order chi connectivity index (χ1) is 31.4. The van der Waals surface area contributed by atoms with Crippen LogP contribution in [0.3, 0.4) is 0 Å². The summed E-state index contributed by atoms with van der Waals surface area (Å²) in [5.41, 5.74) is -1.41. The Balaban J connectivity index is 1.03. The Hall–Kier alpha value is -3.79. The minimum Gasteiger partial charge on any atom is -0.356 e. The summed E-state index contributed by atoms with van der Waals surface area (Å²) in [5, 5.41) is 13.5. The maximum absolute atomic E-state index is 15.0. The van der Waals surface area contributed by atoms with Gasteiger partial charge >= 0.3 is 0 Å². The Labute approximate surface area is 401 Å². The van der Waals surface area contributed by atoms with E-state index in [0.29, 0.717) is 43.9 Å². The van der Waals surface area contributed by atoms with E-state index in [2.05, 4.69) is 140 Å². The van der Waals surface area contributed by atoms with Gasteiger partial charge < -0.3 is 5.32 Å². The van der Waals surface area contributed by atoms with Crippen LogP contribution in [0.1, 0.15) is 197 Å². The van der Waals surface area contributed by atoms with Gasteiger partial charge in [-0.25, -0.2) is 4.90 Å². The van der Waals surface area contributed by atoms with Crippen molar-refractivity contribution in [2.75, 3.05) is 13.1 Å². The van der Waals surface area contributed by atoms with E-state index in [1.165, 1.54) is 4.90 Å². The average molecular weight is 904 g/mol. The Morgan fingerprint density at radius 3 is 1.88 bits per heavy atom. The number of hydrogen-bond donors (Lipinski definition) is 1. The molecule has 1 N–H and O–H groups in total. The predicted molar refractivity (Wildman–Crippen MR) is 271 cm³/mol. The molecule has 1 unspecified atom stereocenters. The van der Waals surface area contributed by atoms with E-state index in [1.807, 2.05) is 0 Å². The molecular formula is C59H89N3O4. The number of hydrogen-bond acceptors (Lipinski definition) is 5. The molecule has 0 spiro atoms. The second-order valence-corrected chi connectivity index (χ2v) is 23.2. The van der Waals surface area contributed by atoms with Crippen molar-refractivity contribution in [2.45, 2.75) is 197 Å². The molecule has 66 heavy (non-hydrogen) atoms. The average Bonchev–Trinajstić information content (AvgIpc) is 3.27. The number of carbonyl (C=O) groups is 4. The molecule has 5 fully saturated rings. The summed E-state index contributed by atoms with van der Waals surface area (Å²) in [7, 11) is 0. The Bertz CT molecular complexity index is 1910. The lowest BCUT2D eigenvalue weighted by molar-refractivity contribution is -0.234. The summed E-state index contributed by atoms with van der Waals surface area (Å²) >= 11 is 0. The number of nitrogens with one attached hydrogen (secondary N) is 1. The second kappa shape index (κ2) is 23.5. The molecule has 0 aliphatic heterocycles. The number of ketones is 2. The zero-order chi connectivity index (χ0) is 48.1. The van der Waals surface area contributed by atoms with Crippen molar-refractivity contribution in [2.24, 2.45) is 56.2 Å². The van der Waals surface area contributed by atoms with Gasteiger partial charge in [0.25, 0.3) is 0 Å². The minimum absolute atomic E-state index is 0.0170. The van der Waals surface area contributed by atoms with Crippen molar-refractivity contribution in [3.8, 4) is 6.19 Å². The first-order valence-electron chi connectivity index (χ1n) is 26.4. The number of amides is 2. The summed E-state index contributed by atoms with van der Waals surface area (Å²) in [6.07, 6.45) is 47.0. The van der Waals surface area contributed by atoms with E-state index < -0.39 is 5.41 Å². The normalized spacial score (nSPS) is 32.8. The molecule has 0 heterocycles. The zero-order valence-electron chi connectivity index (χ0n) is 42.7. The lowest BCUT2D eigenvalue weighted by Crippen LogP contribution is -2.70. The van der Waals surface area contributed by atoms with Crippen LogP contribution in [-0.4, -0.2) is 41.4 Å². The summed E-state index contributed by atoms with van der Waals surface area (Å²) in [5.74, 6) is 0.961. The molecule has 0 radical (unpaired) electrons. The summed E-state index contributed by atoms with van der Waals surface area (Å²) < 4.78 is 0. The van der Waals surface area contributed by atoms with Gasteiger partial charge in [0.1, 0.15) is 11.6 Å². The van der Waals surface area contributed by atoms with Crippen LogP contribution in [0.5, 0.6) is 0 Å². The monoisotopic (exact) mass is 904 g/mol. The molecule has 0 saturated heterocycles. The van der Waals surface area contributed by atoms with Gasteiger partial charge in [0.2, 0.25) is 11.8 Å². The molecule has 8 atom stereocenters. The van der Waals surface area contributed by atoms with Crippen molar-refractivity contribution in [1.82, 2.24) is 10.2 Å². The molecule has 2 amide bonds. The Morgan fingerprint density at radius 2 is 1.27 bits per heavy atom. The highest BCUT2D eigenvalue weighted by Gasteiger charge is 2.73. The highest BCUT2D eigenvalue weighted by molar-refractivity contribution is 5.89. The van der Waals surface area contributed by atoms with Crippen LogP contribution < -0.4 is 5.32 Å². The van der Waals surface area contributed by atoms with Crippen LogP contribution in [0.4, 0.5) is 0 Å². The van der Waals surface area contributed by atoms with E-state index in [1.54, 1.807) is 0 Å². The van der Waals surface area contributed by atoms with Gasteiger partial charge in [-0.15, -0.1) is 0 Å². The minimum atomic E-state index is -0.691. The third-order valence-electron chi connectivity index (χ3n) is 18.3. The number of carbonyl (C=O) groups excluding carboxylic acids is 4. The topological polar surface area (TPSA) is 107 Å². The molecule has 0 aromatic rings. The van der Waals surface area contributed by atoms with Gasteiger partial charge in [-0.3, -0.25) is 19.2 Å². The maximum Gasteiger partial charge on any atom is 0.242 e. The fourth-order valence-electron chi connectivity index (χ4n) is 14.3. The number of allylic oxidation sites excluding steroid dienone is 12. The van der Waals surface area contributed by atoms with Gasteiger partial charge in [-0.05, 0) is 149 Å². The fourth-order valence-corrected chi connectivity index (χ4v) is 14.3. The molecule has 5 rings (SSSR count). The number of nitrogens with zero attached hydrogens (tertiary/aromatic N) is 2. The number of rotatable bonds is 22. The van der Waals surface area contributed by atoms with E-state index in [0.717, 1.165) is 122 Å².